The molecule has 2 nitrogen and oxygen atoms in total. The summed E-state index contributed by atoms with van der Waals surface area (Å²) in [5, 5.41) is 0. The minimum Gasteiger partial charge on any atom is -0.493 e. The maximum absolute atomic E-state index is 5.63. The number of hydrogen-bond donors (Lipinski definition) is 0. The minimum atomic E-state index is 0.714. The fourth-order valence-electron chi connectivity index (χ4n) is 1.49. The van der Waals surface area contributed by atoms with Gasteiger partial charge in [-0.25, -0.2) is 0 Å². The topological polar surface area (TPSA) is 18.5 Å². The Bertz CT molecular complexity index is 327. The lowest BCUT2D eigenvalue weighted by Gasteiger charge is -2.08. The van der Waals surface area contributed by atoms with E-state index in [1.165, 1.54) is 0 Å². The van der Waals surface area contributed by atoms with Crippen LogP contribution in [0.3, 0.4) is 0 Å². The van der Waals surface area contributed by atoms with Gasteiger partial charge in [-0.3, -0.25) is 0 Å². The van der Waals surface area contributed by atoms with Gasteiger partial charge in [0.05, 0.1) is 13.2 Å². The summed E-state index contributed by atoms with van der Waals surface area (Å²) >= 11 is 0. The predicted octanol–water partition coefficient (Wildman–Crippen LogP) is 4.38. The molecular formula is C16H22O2. The van der Waals surface area contributed by atoms with E-state index < -0.39 is 0 Å². The minimum absolute atomic E-state index is 0.714. The monoisotopic (exact) mass is 246 g/mol. The standard InChI is InChI=1S/C16H22O2/c1-3-5-7-12-17-15-10-9-11-16(14-15)18-13-8-6-4-2/h3-4,9-11,14H,1-2,5-8,12-13H2. The predicted molar refractivity (Wildman–Crippen MR) is 76.3 cm³/mol. The summed E-state index contributed by atoms with van der Waals surface area (Å²) in [6, 6.07) is 7.78. The highest BCUT2D eigenvalue weighted by atomic mass is 16.5. The highest BCUT2D eigenvalue weighted by Crippen LogP contribution is 2.19. The zero-order chi connectivity index (χ0) is 13.1. The van der Waals surface area contributed by atoms with Crippen molar-refractivity contribution in [3.8, 4) is 11.5 Å². The number of ether oxygens (including phenoxy) is 2. The first-order valence-electron chi connectivity index (χ1n) is 6.44. The van der Waals surface area contributed by atoms with Crippen LogP contribution in [0.5, 0.6) is 11.5 Å². The van der Waals surface area contributed by atoms with Crippen molar-refractivity contribution < 1.29 is 9.47 Å². The summed E-state index contributed by atoms with van der Waals surface area (Å²) in [7, 11) is 0. The first kappa shape index (κ1) is 14.4. The summed E-state index contributed by atoms with van der Waals surface area (Å²) < 4.78 is 11.3. The van der Waals surface area contributed by atoms with Crippen LogP contribution in [-0.2, 0) is 0 Å². The lowest BCUT2D eigenvalue weighted by molar-refractivity contribution is 0.296. The third-order valence-corrected chi connectivity index (χ3v) is 2.45. The van der Waals surface area contributed by atoms with E-state index in [9.17, 15) is 0 Å². The second-order valence-corrected chi connectivity index (χ2v) is 4.03. The van der Waals surface area contributed by atoms with Crippen LogP contribution in [0.2, 0.25) is 0 Å². The molecule has 0 saturated heterocycles. The maximum atomic E-state index is 5.63. The van der Waals surface area contributed by atoms with Crippen LogP contribution in [0.15, 0.2) is 49.6 Å². The summed E-state index contributed by atoms with van der Waals surface area (Å²) in [6.07, 6.45) is 7.77. The number of benzene rings is 1. The van der Waals surface area contributed by atoms with Crippen LogP contribution >= 0.6 is 0 Å². The second-order valence-electron chi connectivity index (χ2n) is 4.03. The van der Waals surface area contributed by atoms with Crippen molar-refractivity contribution in [3.05, 3.63) is 49.6 Å². The van der Waals surface area contributed by atoms with Crippen LogP contribution in [0.1, 0.15) is 25.7 Å². The quantitative estimate of drug-likeness (QED) is 0.450. The van der Waals surface area contributed by atoms with E-state index >= 15 is 0 Å². The van der Waals surface area contributed by atoms with Crippen molar-refractivity contribution in [1.82, 2.24) is 0 Å². The Morgan fingerprint density at radius 2 is 1.39 bits per heavy atom. The third kappa shape index (κ3) is 6.14. The molecule has 0 aromatic heterocycles. The van der Waals surface area contributed by atoms with Crippen LogP contribution < -0.4 is 9.47 Å². The molecule has 0 bridgehead atoms. The highest BCUT2D eigenvalue weighted by molar-refractivity contribution is 5.32. The molecule has 0 heterocycles. The molecule has 0 aliphatic carbocycles. The normalized spacial score (nSPS) is 9.78. The van der Waals surface area contributed by atoms with E-state index in [0.717, 1.165) is 37.2 Å². The van der Waals surface area contributed by atoms with Gasteiger partial charge in [0.15, 0.2) is 0 Å². The average molecular weight is 246 g/mol. The van der Waals surface area contributed by atoms with Crippen molar-refractivity contribution >= 4 is 0 Å². The van der Waals surface area contributed by atoms with Gasteiger partial charge in [0.1, 0.15) is 11.5 Å². The second kappa shape index (κ2) is 9.34. The van der Waals surface area contributed by atoms with E-state index in [2.05, 4.69) is 13.2 Å². The molecule has 0 N–H and O–H groups in total. The molecule has 0 atom stereocenters. The molecule has 0 amide bonds. The Kier molecular flexibility index (Phi) is 7.45. The molecule has 0 spiro atoms. The molecule has 0 saturated carbocycles. The molecule has 1 aromatic carbocycles. The van der Waals surface area contributed by atoms with Crippen LogP contribution in [0.4, 0.5) is 0 Å². The number of rotatable bonds is 10. The Balaban J connectivity index is 2.31. The van der Waals surface area contributed by atoms with Crippen molar-refractivity contribution in [2.75, 3.05) is 13.2 Å². The van der Waals surface area contributed by atoms with Crippen LogP contribution in [-0.4, -0.2) is 13.2 Å². The van der Waals surface area contributed by atoms with Gasteiger partial charge in [-0.05, 0) is 37.8 Å². The number of allylic oxidation sites excluding steroid dienone is 2. The van der Waals surface area contributed by atoms with E-state index in [1.54, 1.807) is 0 Å². The third-order valence-electron chi connectivity index (χ3n) is 2.45. The van der Waals surface area contributed by atoms with E-state index in [-0.39, 0.29) is 0 Å². The lowest BCUT2D eigenvalue weighted by Crippen LogP contribution is -1.99. The van der Waals surface area contributed by atoms with E-state index in [0.29, 0.717) is 13.2 Å². The van der Waals surface area contributed by atoms with Crippen molar-refractivity contribution in [3.63, 3.8) is 0 Å². The Hall–Kier alpha value is -1.70. The Labute approximate surface area is 110 Å². The van der Waals surface area contributed by atoms with Gasteiger partial charge in [0, 0.05) is 6.07 Å². The smallest absolute Gasteiger partial charge is 0.122 e. The van der Waals surface area contributed by atoms with E-state index in [4.69, 9.17) is 9.47 Å². The van der Waals surface area contributed by atoms with Gasteiger partial charge in [0.25, 0.3) is 0 Å². The highest BCUT2D eigenvalue weighted by Gasteiger charge is 1.97. The zero-order valence-electron chi connectivity index (χ0n) is 10.9. The first-order chi connectivity index (χ1) is 8.86. The van der Waals surface area contributed by atoms with Gasteiger partial charge < -0.3 is 9.47 Å². The SMILES string of the molecule is C=CCCCOc1cccc(OCCCC=C)c1. The molecular weight excluding hydrogens is 224 g/mol. The van der Waals surface area contributed by atoms with Gasteiger partial charge in [-0.15, -0.1) is 13.2 Å². The summed E-state index contributed by atoms with van der Waals surface area (Å²) in [6.45, 7) is 8.80. The lowest BCUT2D eigenvalue weighted by atomic mass is 10.3. The molecule has 0 unspecified atom stereocenters. The number of hydrogen-bond acceptors (Lipinski definition) is 2. The van der Waals surface area contributed by atoms with Gasteiger partial charge in [-0.1, -0.05) is 18.2 Å². The van der Waals surface area contributed by atoms with Crippen LogP contribution in [0.25, 0.3) is 0 Å². The molecule has 0 aliphatic heterocycles. The molecule has 0 radical (unpaired) electrons. The van der Waals surface area contributed by atoms with Crippen molar-refractivity contribution in [2.45, 2.75) is 25.7 Å². The molecule has 0 aliphatic rings. The fraction of sp³-hybridized carbons (Fsp3) is 0.375. The van der Waals surface area contributed by atoms with E-state index in [1.807, 2.05) is 36.4 Å². The Morgan fingerprint density at radius 1 is 0.889 bits per heavy atom. The van der Waals surface area contributed by atoms with Gasteiger partial charge in [0.2, 0.25) is 0 Å². The van der Waals surface area contributed by atoms with Crippen molar-refractivity contribution in [1.29, 1.82) is 0 Å². The number of unbranched alkanes of at least 4 members (excludes halogenated alkanes) is 2. The molecule has 98 valence electrons. The summed E-state index contributed by atoms with van der Waals surface area (Å²) in [4.78, 5) is 0. The summed E-state index contributed by atoms with van der Waals surface area (Å²) in [5.74, 6) is 1.72. The maximum Gasteiger partial charge on any atom is 0.122 e. The van der Waals surface area contributed by atoms with Gasteiger partial charge >= 0.3 is 0 Å². The zero-order valence-corrected chi connectivity index (χ0v) is 10.9. The molecule has 1 rings (SSSR count). The average Bonchev–Trinajstić information content (AvgIpc) is 2.40. The van der Waals surface area contributed by atoms with Crippen LogP contribution in [0, 0.1) is 0 Å². The molecule has 18 heavy (non-hydrogen) atoms. The molecule has 2 heteroatoms. The summed E-state index contributed by atoms with van der Waals surface area (Å²) in [5.41, 5.74) is 0. The fourth-order valence-corrected chi connectivity index (χ4v) is 1.49. The van der Waals surface area contributed by atoms with Crippen molar-refractivity contribution in [2.24, 2.45) is 0 Å². The Morgan fingerprint density at radius 3 is 1.83 bits per heavy atom. The first-order valence-corrected chi connectivity index (χ1v) is 6.44. The molecule has 1 aromatic rings. The largest absolute Gasteiger partial charge is 0.493 e. The molecule has 0 fully saturated rings. The van der Waals surface area contributed by atoms with Gasteiger partial charge in [-0.2, -0.15) is 0 Å².